The van der Waals surface area contributed by atoms with Gasteiger partial charge in [0.2, 0.25) is 10.9 Å². The molecule has 0 atom stereocenters. The minimum absolute atomic E-state index is 0.0279. The molecule has 0 aliphatic heterocycles. The number of nitrogens with zero attached hydrogens (tertiary/aromatic N) is 2. The molecule has 0 bridgehead atoms. The Kier molecular flexibility index (Phi) is 6.33. The molecule has 182 valence electrons. The highest BCUT2D eigenvalue weighted by atomic mass is 32.2. The van der Waals surface area contributed by atoms with E-state index >= 15 is 0 Å². The highest BCUT2D eigenvalue weighted by Crippen LogP contribution is 2.37. The monoisotopic (exact) mass is 508 g/mol. The lowest BCUT2D eigenvalue weighted by Gasteiger charge is -2.11. The first-order valence-corrected chi connectivity index (χ1v) is 11.5. The van der Waals surface area contributed by atoms with Gasteiger partial charge in [0.1, 0.15) is 21.7 Å². The minimum atomic E-state index is -4.64. The van der Waals surface area contributed by atoms with E-state index in [0.29, 0.717) is 0 Å². The van der Waals surface area contributed by atoms with Crippen LogP contribution >= 0.6 is 0 Å². The first-order valence-electron chi connectivity index (χ1n) is 10.1. The van der Waals surface area contributed by atoms with Crippen molar-refractivity contribution in [3.63, 3.8) is 0 Å². The second-order valence-electron chi connectivity index (χ2n) is 7.38. The van der Waals surface area contributed by atoms with Gasteiger partial charge in [-0.3, -0.25) is 25.0 Å². The Morgan fingerprint density at radius 1 is 0.861 bits per heavy atom. The standard InChI is InChI=1S/C23H16N4O8S/c28-17-9-8-16(22(30)21(17)27-24-13-5-3-4-12(10-13)23(31)32)25-26-20-15-7-2-1-6-14(15)19(11-18(20)29)36(33,34)35/h1-11,24,26,29H,(H,31,32)(H,33,34,35). The zero-order chi connectivity index (χ0) is 26.0. The van der Waals surface area contributed by atoms with E-state index in [-0.39, 0.29) is 33.1 Å². The third-order valence-electron chi connectivity index (χ3n) is 5.03. The van der Waals surface area contributed by atoms with E-state index in [9.17, 15) is 32.5 Å². The molecule has 0 unspecified atom stereocenters. The number of rotatable bonds is 6. The first-order chi connectivity index (χ1) is 17.1. The molecule has 0 aliphatic rings. The summed E-state index contributed by atoms with van der Waals surface area (Å²) in [5.74, 6) is -1.73. The number of aromatic carboxylic acids is 1. The van der Waals surface area contributed by atoms with Crippen molar-refractivity contribution < 1.29 is 28.0 Å². The van der Waals surface area contributed by atoms with Gasteiger partial charge in [-0.05, 0) is 30.3 Å². The summed E-state index contributed by atoms with van der Waals surface area (Å²) >= 11 is 0. The van der Waals surface area contributed by atoms with Crippen LogP contribution in [0.2, 0.25) is 0 Å². The molecule has 4 aromatic rings. The molecule has 0 radical (unpaired) electrons. The molecule has 12 nitrogen and oxygen atoms in total. The Balaban J connectivity index is 1.77. The number of hydrogen-bond donors (Lipinski definition) is 5. The van der Waals surface area contributed by atoms with E-state index < -0.39 is 42.9 Å². The largest absolute Gasteiger partial charge is 0.506 e. The van der Waals surface area contributed by atoms with E-state index in [0.717, 1.165) is 18.2 Å². The number of carbonyl (C=O) groups is 1. The Morgan fingerprint density at radius 3 is 2.28 bits per heavy atom. The summed E-state index contributed by atoms with van der Waals surface area (Å²) in [7, 11) is -4.64. The number of carboxylic acids is 1. The zero-order valence-electron chi connectivity index (χ0n) is 18.0. The van der Waals surface area contributed by atoms with Gasteiger partial charge in [0, 0.05) is 16.8 Å². The fourth-order valence-electron chi connectivity index (χ4n) is 3.35. The molecular weight excluding hydrogens is 492 g/mol. The summed E-state index contributed by atoms with van der Waals surface area (Å²) in [5.41, 5.74) is 3.54. The minimum Gasteiger partial charge on any atom is -0.506 e. The zero-order valence-corrected chi connectivity index (χ0v) is 18.9. The van der Waals surface area contributed by atoms with Gasteiger partial charge in [-0.2, -0.15) is 18.6 Å². The van der Waals surface area contributed by atoms with Crippen molar-refractivity contribution in [3.05, 3.63) is 103 Å². The smallest absolute Gasteiger partial charge is 0.335 e. The van der Waals surface area contributed by atoms with Crippen molar-refractivity contribution in [1.29, 1.82) is 0 Å². The van der Waals surface area contributed by atoms with Gasteiger partial charge in [-0.15, -0.1) is 0 Å². The maximum Gasteiger partial charge on any atom is 0.335 e. The first kappa shape index (κ1) is 24.3. The maximum atomic E-state index is 12.8. The molecule has 13 heteroatoms. The average molecular weight is 508 g/mol. The van der Waals surface area contributed by atoms with E-state index in [1.165, 1.54) is 42.5 Å². The van der Waals surface area contributed by atoms with Crippen LogP contribution in [0.1, 0.15) is 10.4 Å². The summed E-state index contributed by atoms with van der Waals surface area (Å²) in [6.07, 6.45) is 0. The molecular formula is C23H16N4O8S. The van der Waals surface area contributed by atoms with E-state index in [1.807, 2.05) is 0 Å². The fourth-order valence-corrected chi connectivity index (χ4v) is 4.07. The van der Waals surface area contributed by atoms with Gasteiger partial charge < -0.3 is 10.2 Å². The summed E-state index contributed by atoms with van der Waals surface area (Å²) in [6.45, 7) is 0. The highest BCUT2D eigenvalue weighted by molar-refractivity contribution is 7.86. The summed E-state index contributed by atoms with van der Waals surface area (Å²) in [4.78, 5) is 35.6. The van der Waals surface area contributed by atoms with Crippen LogP contribution in [0.15, 0.2) is 91.4 Å². The quantitative estimate of drug-likeness (QED) is 0.142. The Bertz CT molecular complexity index is 1860. The fraction of sp³-hybridized carbons (Fsp3) is 0. The number of aromatic hydroxyl groups is 1. The van der Waals surface area contributed by atoms with Crippen molar-refractivity contribution in [2.45, 2.75) is 4.90 Å². The van der Waals surface area contributed by atoms with Crippen LogP contribution in [0.5, 0.6) is 5.75 Å². The van der Waals surface area contributed by atoms with Crippen LogP contribution in [0, 0.1) is 0 Å². The number of fused-ring (bicyclic) bond motifs is 1. The van der Waals surface area contributed by atoms with Crippen LogP contribution in [0.3, 0.4) is 0 Å². The number of phenolic OH excluding ortho intramolecular Hbond substituents is 1. The van der Waals surface area contributed by atoms with Crippen molar-refractivity contribution >= 4 is 38.2 Å². The Labute approximate surface area is 201 Å². The van der Waals surface area contributed by atoms with Crippen molar-refractivity contribution in [2.24, 2.45) is 10.2 Å². The van der Waals surface area contributed by atoms with Crippen molar-refractivity contribution in [1.82, 2.24) is 0 Å². The molecule has 0 amide bonds. The number of hydrogen-bond acceptors (Lipinski definition) is 10. The number of benzene rings is 4. The SMILES string of the molecule is O=C(O)c1cccc(NN=c2c(=O)ccc(=NNc3c(O)cc(S(=O)(=O)O)c4ccccc34)c2=O)c1. The van der Waals surface area contributed by atoms with Crippen LogP contribution < -0.4 is 32.4 Å². The third kappa shape index (κ3) is 4.82. The van der Waals surface area contributed by atoms with Gasteiger partial charge in [-0.1, -0.05) is 30.3 Å². The van der Waals surface area contributed by atoms with Gasteiger partial charge in [-0.25, -0.2) is 4.79 Å². The van der Waals surface area contributed by atoms with Gasteiger partial charge in [0.25, 0.3) is 10.1 Å². The second-order valence-corrected chi connectivity index (χ2v) is 8.77. The lowest BCUT2D eigenvalue weighted by molar-refractivity contribution is 0.0697. The molecule has 0 saturated heterocycles. The van der Waals surface area contributed by atoms with Gasteiger partial charge >= 0.3 is 5.97 Å². The summed E-state index contributed by atoms with van der Waals surface area (Å²) in [5, 5.41) is 26.7. The molecule has 36 heavy (non-hydrogen) atoms. The van der Waals surface area contributed by atoms with E-state index in [1.54, 1.807) is 6.07 Å². The molecule has 4 aromatic carbocycles. The van der Waals surface area contributed by atoms with Crippen molar-refractivity contribution in [2.75, 3.05) is 10.9 Å². The Hall–Kier alpha value is -4.88. The van der Waals surface area contributed by atoms with E-state index in [4.69, 9.17) is 5.11 Å². The summed E-state index contributed by atoms with van der Waals surface area (Å²) < 4.78 is 32.9. The van der Waals surface area contributed by atoms with Crippen LogP contribution in [-0.4, -0.2) is 29.2 Å². The highest BCUT2D eigenvalue weighted by Gasteiger charge is 2.19. The molecule has 0 spiro atoms. The van der Waals surface area contributed by atoms with Crippen LogP contribution in [0.4, 0.5) is 11.4 Å². The molecule has 0 aliphatic carbocycles. The van der Waals surface area contributed by atoms with Crippen LogP contribution in [0.25, 0.3) is 10.8 Å². The maximum absolute atomic E-state index is 12.8. The molecule has 0 fully saturated rings. The lowest BCUT2D eigenvalue weighted by Crippen LogP contribution is -2.47. The van der Waals surface area contributed by atoms with Gasteiger partial charge in [0.05, 0.1) is 11.3 Å². The molecule has 4 rings (SSSR count). The van der Waals surface area contributed by atoms with Crippen molar-refractivity contribution in [3.8, 4) is 5.75 Å². The number of nitrogens with one attached hydrogen (secondary N) is 2. The molecule has 0 aromatic heterocycles. The topological polar surface area (TPSA) is 195 Å². The van der Waals surface area contributed by atoms with E-state index in [2.05, 4.69) is 21.1 Å². The molecule has 5 N–H and O–H groups in total. The number of carboxylic acid groups (broad SMARTS) is 1. The Morgan fingerprint density at radius 2 is 1.58 bits per heavy atom. The normalized spacial score (nSPS) is 12.6. The second kappa shape index (κ2) is 9.40. The van der Waals surface area contributed by atoms with Gasteiger partial charge in [0.15, 0.2) is 5.36 Å². The number of phenols is 1. The van der Waals surface area contributed by atoms with Crippen LogP contribution in [-0.2, 0) is 10.1 Å². The molecule has 0 saturated carbocycles. The molecule has 0 heterocycles. The lowest BCUT2D eigenvalue weighted by atomic mass is 10.1. The summed E-state index contributed by atoms with van der Waals surface area (Å²) in [6, 6.07) is 14.6. The third-order valence-corrected chi connectivity index (χ3v) is 5.93. The predicted octanol–water partition coefficient (Wildman–Crippen LogP) is 0.942. The predicted molar refractivity (Wildman–Crippen MR) is 129 cm³/mol. The average Bonchev–Trinajstić information content (AvgIpc) is 2.83. The number of anilines is 2.